The molecule has 1 aliphatic carbocycles. The Bertz CT molecular complexity index is 1040. The van der Waals surface area contributed by atoms with E-state index in [4.69, 9.17) is 4.74 Å². The number of unbranched alkanes of at least 4 members (excludes halogenated alkanes) is 2. The number of allylic oxidation sites excluding steroid dienone is 4. The first kappa shape index (κ1) is 27.0. The summed E-state index contributed by atoms with van der Waals surface area (Å²) < 4.78 is 62.9. The predicted octanol–water partition coefficient (Wildman–Crippen LogP) is 9.14. The minimum Gasteiger partial charge on any atom is -0.490 e. The van der Waals surface area contributed by atoms with Gasteiger partial charge in [0.05, 0.1) is 6.61 Å². The van der Waals surface area contributed by atoms with E-state index in [0.717, 1.165) is 44.1 Å². The second-order valence-corrected chi connectivity index (χ2v) is 9.29. The van der Waals surface area contributed by atoms with Crippen molar-refractivity contribution in [1.82, 2.24) is 0 Å². The van der Waals surface area contributed by atoms with Crippen LogP contribution in [0.3, 0.4) is 0 Å². The Morgan fingerprint density at radius 3 is 2.31 bits per heavy atom. The first-order chi connectivity index (χ1) is 17.0. The molecule has 0 fully saturated rings. The summed E-state index contributed by atoms with van der Waals surface area (Å²) >= 11 is 0. The van der Waals surface area contributed by atoms with E-state index in [9.17, 15) is 17.6 Å². The van der Waals surface area contributed by atoms with Crippen LogP contribution in [0.4, 0.5) is 17.6 Å². The van der Waals surface area contributed by atoms with Gasteiger partial charge in [0.25, 0.3) is 0 Å². The third kappa shape index (κ3) is 7.22. The lowest BCUT2D eigenvalue weighted by Crippen LogP contribution is -2.06. The lowest BCUT2D eigenvalue weighted by Gasteiger charge is -2.20. The first-order valence-corrected chi connectivity index (χ1v) is 12.9. The average Bonchev–Trinajstić information content (AvgIpc) is 2.87. The molecule has 190 valence electrons. The summed E-state index contributed by atoms with van der Waals surface area (Å²) in [6.45, 7) is 4.40. The molecule has 1 unspecified atom stereocenters. The second-order valence-electron chi connectivity index (χ2n) is 9.29. The minimum atomic E-state index is -0.917. The lowest BCUT2D eigenvalue weighted by molar-refractivity contribution is 0.285. The Morgan fingerprint density at radius 1 is 0.857 bits per heavy atom. The quantitative estimate of drug-likeness (QED) is 0.164. The van der Waals surface area contributed by atoms with Gasteiger partial charge in [-0.05, 0) is 73.6 Å². The fourth-order valence-corrected chi connectivity index (χ4v) is 4.51. The van der Waals surface area contributed by atoms with Crippen LogP contribution in [0.15, 0.2) is 42.5 Å². The average molecular weight is 489 g/mol. The van der Waals surface area contributed by atoms with E-state index in [2.05, 4.69) is 13.0 Å². The fourth-order valence-electron chi connectivity index (χ4n) is 4.51. The number of hydrogen-bond donors (Lipinski definition) is 0. The fraction of sp³-hybridized carbons (Fsp3) is 0.467. The topological polar surface area (TPSA) is 9.23 Å². The van der Waals surface area contributed by atoms with Gasteiger partial charge in [0.1, 0.15) is 0 Å². The third-order valence-corrected chi connectivity index (χ3v) is 6.60. The maximum atomic E-state index is 14.6. The van der Waals surface area contributed by atoms with Crippen molar-refractivity contribution < 1.29 is 22.3 Å². The molecule has 0 amide bonds. The predicted molar refractivity (Wildman–Crippen MR) is 135 cm³/mol. The van der Waals surface area contributed by atoms with Crippen LogP contribution < -0.4 is 4.74 Å². The van der Waals surface area contributed by atoms with Gasteiger partial charge in [-0.1, -0.05) is 69.5 Å². The van der Waals surface area contributed by atoms with Gasteiger partial charge in [0, 0.05) is 5.56 Å². The van der Waals surface area contributed by atoms with Gasteiger partial charge in [-0.2, -0.15) is 4.39 Å². The zero-order valence-corrected chi connectivity index (χ0v) is 20.8. The molecule has 2 aromatic carbocycles. The molecule has 0 heterocycles. The molecular weight excluding hydrogens is 452 g/mol. The van der Waals surface area contributed by atoms with Gasteiger partial charge in [0.15, 0.2) is 23.2 Å². The number of aryl methyl sites for hydroxylation is 2. The van der Waals surface area contributed by atoms with Crippen LogP contribution in [-0.2, 0) is 12.8 Å². The summed E-state index contributed by atoms with van der Waals surface area (Å²) in [5.41, 5.74) is 1.98. The van der Waals surface area contributed by atoms with Crippen molar-refractivity contribution >= 4 is 5.57 Å². The highest BCUT2D eigenvalue weighted by Crippen LogP contribution is 2.33. The molecule has 2 aromatic rings. The molecule has 0 N–H and O–H groups in total. The van der Waals surface area contributed by atoms with E-state index < -0.39 is 23.3 Å². The van der Waals surface area contributed by atoms with Gasteiger partial charge >= 0.3 is 0 Å². The third-order valence-electron chi connectivity index (χ3n) is 6.60. The standard InChI is InChI=1S/C30H36F4O/c1-3-5-8-20-35-26-19-17-24(28(32)30(26)34)11-7-6-10-21-12-14-22(15-13-21)25-18-16-23(9-4-2)27(31)29(25)33/h6,10,14,16-19,21H,3-5,7-9,11-13,15,20H2,1-2H3/b10-6+. The molecule has 0 aromatic heterocycles. The summed E-state index contributed by atoms with van der Waals surface area (Å²) in [5.74, 6) is -2.96. The van der Waals surface area contributed by atoms with E-state index in [0.29, 0.717) is 54.9 Å². The maximum absolute atomic E-state index is 14.6. The zero-order valence-electron chi connectivity index (χ0n) is 20.8. The zero-order chi connectivity index (χ0) is 25.2. The SMILES string of the molecule is CCCCCOc1ccc(CC/C=C/C2CC=C(c3ccc(CCC)c(F)c3F)CC2)c(F)c1F. The van der Waals surface area contributed by atoms with Crippen molar-refractivity contribution in [2.75, 3.05) is 6.61 Å². The Balaban J connectivity index is 1.51. The largest absolute Gasteiger partial charge is 0.490 e. The molecule has 0 aliphatic heterocycles. The number of ether oxygens (including phenoxy) is 1. The summed E-state index contributed by atoms with van der Waals surface area (Å²) in [6.07, 6.45) is 13.5. The smallest absolute Gasteiger partial charge is 0.200 e. The van der Waals surface area contributed by atoms with Crippen molar-refractivity contribution in [3.63, 3.8) is 0 Å². The lowest BCUT2D eigenvalue weighted by atomic mass is 9.85. The molecule has 0 spiro atoms. The summed E-state index contributed by atoms with van der Waals surface area (Å²) in [6, 6.07) is 6.49. The molecule has 35 heavy (non-hydrogen) atoms. The van der Waals surface area contributed by atoms with Gasteiger partial charge in [-0.3, -0.25) is 0 Å². The molecule has 1 nitrogen and oxygen atoms in total. The van der Waals surface area contributed by atoms with Crippen molar-refractivity contribution in [3.8, 4) is 5.75 Å². The molecule has 0 bridgehead atoms. The van der Waals surface area contributed by atoms with Gasteiger partial charge in [0.2, 0.25) is 5.82 Å². The summed E-state index contributed by atoms with van der Waals surface area (Å²) in [7, 11) is 0. The summed E-state index contributed by atoms with van der Waals surface area (Å²) in [5, 5.41) is 0. The normalized spacial score (nSPS) is 16.1. The number of hydrogen-bond acceptors (Lipinski definition) is 1. The Labute approximate surface area is 206 Å². The van der Waals surface area contributed by atoms with Crippen molar-refractivity contribution in [2.45, 2.75) is 78.1 Å². The molecule has 0 saturated heterocycles. The molecular formula is C30H36F4O. The number of rotatable bonds is 12. The van der Waals surface area contributed by atoms with Gasteiger partial charge in [-0.25, -0.2) is 13.2 Å². The summed E-state index contributed by atoms with van der Waals surface area (Å²) in [4.78, 5) is 0. The Kier molecular flexibility index (Phi) is 10.4. The van der Waals surface area contributed by atoms with E-state index >= 15 is 0 Å². The van der Waals surface area contributed by atoms with E-state index in [1.54, 1.807) is 18.2 Å². The minimum absolute atomic E-state index is 0.0287. The Morgan fingerprint density at radius 2 is 1.60 bits per heavy atom. The number of benzene rings is 2. The van der Waals surface area contributed by atoms with Crippen LogP contribution in [0.5, 0.6) is 5.75 Å². The highest BCUT2D eigenvalue weighted by Gasteiger charge is 2.19. The van der Waals surface area contributed by atoms with Crippen LogP contribution in [0, 0.1) is 29.2 Å². The second kappa shape index (κ2) is 13.5. The Hall–Kier alpha value is -2.56. The van der Waals surface area contributed by atoms with E-state index in [1.807, 2.05) is 19.1 Å². The molecule has 3 rings (SSSR count). The molecule has 0 radical (unpaired) electrons. The van der Waals surface area contributed by atoms with Crippen LogP contribution in [0.25, 0.3) is 5.57 Å². The first-order valence-electron chi connectivity index (χ1n) is 12.9. The van der Waals surface area contributed by atoms with Crippen LogP contribution in [0.1, 0.15) is 81.9 Å². The van der Waals surface area contributed by atoms with Crippen molar-refractivity contribution in [2.24, 2.45) is 5.92 Å². The maximum Gasteiger partial charge on any atom is 0.200 e. The van der Waals surface area contributed by atoms with E-state index in [-0.39, 0.29) is 5.75 Å². The van der Waals surface area contributed by atoms with E-state index in [1.165, 1.54) is 6.07 Å². The van der Waals surface area contributed by atoms with Gasteiger partial charge < -0.3 is 4.74 Å². The van der Waals surface area contributed by atoms with Crippen molar-refractivity contribution in [3.05, 3.63) is 82.5 Å². The van der Waals surface area contributed by atoms with Gasteiger partial charge in [-0.15, -0.1) is 0 Å². The van der Waals surface area contributed by atoms with Crippen molar-refractivity contribution in [1.29, 1.82) is 0 Å². The van der Waals surface area contributed by atoms with Crippen LogP contribution in [0.2, 0.25) is 0 Å². The monoisotopic (exact) mass is 488 g/mol. The molecule has 0 saturated carbocycles. The number of halogens is 4. The molecule has 5 heteroatoms. The van der Waals surface area contributed by atoms with Crippen LogP contribution >= 0.6 is 0 Å². The van der Waals surface area contributed by atoms with Crippen LogP contribution in [-0.4, -0.2) is 6.61 Å². The molecule has 1 atom stereocenters. The highest BCUT2D eigenvalue weighted by molar-refractivity contribution is 5.67. The highest BCUT2D eigenvalue weighted by atomic mass is 19.2. The molecule has 1 aliphatic rings.